The average molecular weight is 226 g/mol. The molecule has 2 aromatic rings. The minimum absolute atomic E-state index is 0.466. The van der Waals surface area contributed by atoms with E-state index in [-0.39, 0.29) is 0 Å². The highest BCUT2D eigenvalue weighted by Crippen LogP contribution is 2.17. The first-order valence-electron chi connectivity index (χ1n) is 4.12. The molecule has 0 aliphatic carbocycles. The van der Waals surface area contributed by atoms with Crippen molar-refractivity contribution in [3.8, 4) is 5.75 Å². The largest absolute Gasteiger partial charge is 0.487 e. The summed E-state index contributed by atoms with van der Waals surface area (Å²) in [5, 5.41) is 1.89. The van der Waals surface area contributed by atoms with Gasteiger partial charge in [-0.3, -0.25) is 0 Å². The molecule has 0 N–H and O–H groups in total. The van der Waals surface area contributed by atoms with E-state index in [1.807, 2.05) is 35.7 Å². The van der Waals surface area contributed by atoms with E-state index in [9.17, 15) is 0 Å². The van der Waals surface area contributed by atoms with E-state index in [0.29, 0.717) is 11.1 Å². The third-order valence-corrected chi connectivity index (χ3v) is 2.68. The average Bonchev–Trinajstić information content (AvgIpc) is 2.63. The van der Waals surface area contributed by atoms with Gasteiger partial charge in [-0.05, 0) is 12.1 Å². The van der Waals surface area contributed by atoms with Gasteiger partial charge in [0.1, 0.15) is 12.4 Å². The molecule has 0 bridgehead atoms. The van der Waals surface area contributed by atoms with Crippen LogP contribution in [0.5, 0.6) is 5.75 Å². The molecule has 0 aliphatic heterocycles. The Labute approximate surface area is 91.1 Å². The SMILES string of the molecule is Clc1nc(COc2ccccc2)cs1. The first-order chi connectivity index (χ1) is 6.84. The van der Waals surface area contributed by atoms with E-state index in [1.165, 1.54) is 11.3 Å². The maximum Gasteiger partial charge on any atom is 0.183 e. The zero-order valence-corrected chi connectivity index (χ0v) is 8.89. The van der Waals surface area contributed by atoms with Crippen molar-refractivity contribution in [3.63, 3.8) is 0 Å². The summed E-state index contributed by atoms with van der Waals surface area (Å²) in [5.74, 6) is 0.844. The Morgan fingerprint density at radius 3 is 2.71 bits per heavy atom. The van der Waals surface area contributed by atoms with Gasteiger partial charge in [0.05, 0.1) is 5.69 Å². The van der Waals surface area contributed by atoms with Gasteiger partial charge in [-0.2, -0.15) is 0 Å². The molecule has 0 unspecified atom stereocenters. The normalized spacial score (nSPS) is 10.1. The summed E-state index contributed by atoms with van der Waals surface area (Å²) in [6.07, 6.45) is 0. The van der Waals surface area contributed by atoms with Gasteiger partial charge in [0.2, 0.25) is 0 Å². The Morgan fingerprint density at radius 2 is 2.07 bits per heavy atom. The Balaban J connectivity index is 1.95. The van der Waals surface area contributed by atoms with Crippen molar-refractivity contribution in [1.82, 2.24) is 4.98 Å². The monoisotopic (exact) mass is 225 g/mol. The highest BCUT2D eigenvalue weighted by atomic mass is 35.5. The van der Waals surface area contributed by atoms with Gasteiger partial charge in [0, 0.05) is 5.38 Å². The Kier molecular flexibility index (Phi) is 3.01. The van der Waals surface area contributed by atoms with Gasteiger partial charge >= 0.3 is 0 Å². The van der Waals surface area contributed by atoms with E-state index in [1.54, 1.807) is 0 Å². The summed E-state index contributed by atoms with van der Waals surface area (Å²) in [7, 11) is 0. The number of hydrogen-bond donors (Lipinski definition) is 0. The lowest BCUT2D eigenvalue weighted by Crippen LogP contribution is -1.94. The highest BCUT2D eigenvalue weighted by Gasteiger charge is 1.99. The topological polar surface area (TPSA) is 22.1 Å². The van der Waals surface area contributed by atoms with Crippen LogP contribution in [0.2, 0.25) is 4.47 Å². The van der Waals surface area contributed by atoms with Crippen LogP contribution in [0.3, 0.4) is 0 Å². The van der Waals surface area contributed by atoms with Crippen molar-refractivity contribution in [2.45, 2.75) is 6.61 Å². The highest BCUT2D eigenvalue weighted by molar-refractivity contribution is 7.13. The van der Waals surface area contributed by atoms with E-state index in [4.69, 9.17) is 16.3 Å². The molecule has 0 fully saturated rings. The minimum atomic E-state index is 0.466. The molecular weight excluding hydrogens is 218 g/mol. The lowest BCUT2D eigenvalue weighted by Gasteiger charge is -2.02. The van der Waals surface area contributed by atoms with Gasteiger partial charge in [-0.15, -0.1) is 11.3 Å². The number of ether oxygens (including phenoxy) is 1. The molecule has 0 amide bonds. The predicted octanol–water partition coefficient (Wildman–Crippen LogP) is 3.38. The maximum absolute atomic E-state index is 5.69. The molecule has 0 radical (unpaired) electrons. The van der Waals surface area contributed by atoms with Crippen molar-refractivity contribution in [2.24, 2.45) is 0 Å². The van der Waals surface area contributed by atoms with Crippen molar-refractivity contribution in [2.75, 3.05) is 0 Å². The van der Waals surface area contributed by atoms with Crippen molar-refractivity contribution in [3.05, 3.63) is 45.9 Å². The number of hydrogen-bond acceptors (Lipinski definition) is 3. The Morgan fingerprint density at radius 1 is 1.29 bits per heavy atom. The van der Waals surface area contributed by atoms with E-state index < -0.39 is 0 Å². The van der Waals surface area contributed by atoms with E-state index in [2.05, 4.69) is 4.98 Å². The number of rotatable bonds is 3. The van der Waals surface area contributed by atoms with Gasteiger partial charge in [-0.1, -0.05) is 29.8 Å². The second-order valence-electron chi connectivity index (χ2n) is 2.69. The van der Waals surface area contributed by atoms with Crippen LogP contribution >= 0.6 is 22.9 Å². The van der Waals surface area contributed by atoms with Crippen LogP contribution in [-0.2, 0) is 6.61 Å². The van der Waals surface area contributed by atoms with Crippen molar-refractivity contribution >= 4 is 22.9 Å². The molecule has 0 saturated heterocycles. The van der Waals surface area contributed by atoms with Crippen molar-refractivity contribution in [1.29, 1.82) is 0 Å². The fourth-order valence-corrected chi connectivity index (χ4v) is 1.79. The first kappa shape index (κ1) is 9.49. The third-order valence-electron chi connectivity index (χ3n) is 1.65. The van der Waals surface area contributed by atoms with E-state index in [0.717, 1.165) is 11.4 Å². The minimum Gasteiger partial charge on any atom is -0.487 e. The molecule has 0 saturated carbocycles. The van der Waals surface area contributed by atoms with Gasteiger partial charge in [0.15, 0.2) is 4.47 Å². The molecule has 72 valence electrons. The lowest BCUT2D eigenvalue weighted by molar-refractivity contribution is 0.302. The molecule has 2 nitrogen and oxygen atoms in total. The second kappa shape index (κ2) is 4.44. The third kappa shape index (κ3) is 2.47. The Bertz CT molecular complexity index is 402. The fraction of sp³-hybridized carbons (Fsp3) is 0.100. The van der Waals surface area contributed by atoms with Crippen LogP contribution < -0.4 is 4.74 Å². The number of aromatic nitrogens is 1. The van der Waals surface area contributed by atoms with Crippen LogP contribution in [0.4, 0.5) is 0 Å². The smallest absolute Gasteiger partial charge is 0.183 e. The number of nitrogens with zero attached hydrogens (tertiary/aromatic N) is 1. The maximum atomic E-state index is 5.69. The molecule has 0 atom stereocenters. The number of benzene rings is 1. The van der Waals surface area contributed by atoms with E-state index >= 15 is 0 Å². The molecule has 0 aliphatic rings. The zero-order valence-electron chi connectivity index (χ0n) is 7.31. The lowest BCUT2D eigenvalue weighted by atomic mass is 10.3. The molecule has 2 rings (SSSR count). The summed E-state index contributed by atoms with van der Waals surface area (Å²) < 4.78 is 6.04. The van der Waals surface area contributed by atoms with Gasteiger partial charge in [-0.25, -0.2) is 4.98 Å². The standard InChI is InChI=1S/C10H8ClNOS/c11-10-12-8(7-14-10)6-13-9-4-2-1-3-5-9/h1-5,7H,6H2. The molecular formula is C10H8ClNOS. The van der Waals surface area contributed by atoms with Crippen LogP contribution in [0.1, 0.15) is 5.69 Å². The summed E-state index contributed by atoms with van der Waals surface area (Å²) >= 11 is 7.11. The van der Waals surface area contributed by atoms with Gasteiger partial charge < -0.3 is 4.74 Å². The number of halogens is 1. The Hall–Kier alpha value is -1.06. The molecule has 1 heterocycles. The van der Waals surface area contributed by atoms with Crippen LogP contribution in [0, 0.1) is 0 Å². The van der Waals surface area contributed by atoms with Gasteiger partial charge in [0.25, 0.3) is 0 Å². The summed E-state index contributed by atoms with van der Waals surface area (Å²) in [6.45, 7) is 0.466. The predicted molar refractivity (Wildman–Crippen MR) is 57.9 cm³/mol. The molecule has 1 aromatic heterocycles. The molecule has 4 heteroatoms. The number of para-hydroxylation sites is 1. The number of thiazole rings is 1. The van der Waals surface area contributed by atoms with Crippen LogP contribution in [0.15, 0.2) is 35.7 Å². The second-order valence-corrected chi connectivity index (χ2v) is 4.13. The summed E-state index contributed by atoms with van der Waals surface area (Å²) in [6, 6.07) is 9.64. The fourth-order valence-electron chi connectivity index (χ4n) is 1.02. The van der Waals surface area contributed by atoms with Crippen LogP contribution in [-0.4, -0.2) is 4.98 Å². The summed E-state index contributed by atoms with van der Waals surface area (Å²) in [4.78, 5) is 4.08. The molecule has 1 aromatic carbocycles. The molecule has 14 heavy (non-hydrogen) atoms. The zero-order chi connectivity index (χ0) is 9.80. The quantitative estimate of drug-likeness (QED) is 0.799. The van der Waals surface area contributed by atoms with Crippen LogP contribution in [0.25, 0.3) is 0 Å². The summed E-state index contributed by atoms with van der Waals surface area (Å²) in [5.41, 5.74) is 0.865. The van der Waals surface area contributed by atoms with Crippen molar-refractivity contribution < 1.29 is 4.74 Å². The molecule has 0 spiro atoms. The first-order valence-corrected chi connectivity index (χ1v) is 5.38.